The summed E-state index contributed by atoms with van der Waals surface area (Å²) in [7, 11) is 0. The zero-order chi connectivity index (χ0) is 20.1. The number of fused-ring (bicyclic) bond motifs is 1. The molecule has 4 rings (SSSR count). The zero-order valence-electron chi connectivity index (χ0n) is 16.0. The Labute approximate surface area is 169 Å². The van der Waals surface area contributed by atoms with Gasteiger partial charge in [-0.05, 0) is 36.2 Å². The van der Waals surface area contributed by atoms with Crippen molar-refractivity contribution in [2.75, 3.05) is 18.0 Å². The Kier molecular flexibility index (Phi) is 5.56. The molecule has 0 radical (unpaired) electrons. The number of benzene rings is 2. The summed E-state index contributed by atoms with van der Waals surface area (Å²) in [6.07, 6.45) is 5.84. The summed E-state index contributed by atoms with van der Waals surface area (Å²) in [5.41, 5.74) is 5.05. The lowest BCUT2D eigenvalue weighted by atomic mass is 10.2. The smallest absolute Gasteiger partial charge is 0.106 e. The fourth-order valence-electron chi connectivity index (χ4n) is 3.55. The van der Waals surface area contributed by atoms with Gasteiger partial charge in [-0.3, -0.25) is 4.98 Å². The average Bonchev–Trinajstić information content (AvgIpc) is 3.24. The van der Waals surface area contributed by atoms with Crippen molar-refractivity contribution in [3.05, 3.63) is 77.1 Å². The molecule has 1 aromatic heterocycles. The molecule has 7 heteroatoms. The Hall–Kier alpha value is -3.61. The largest absolute Gasteiger partial charge is 0.386 e. The molecule has 2 aromatic carbocycles. The van der Waals surface area contributed by atoms with E-state index in [1.807, 2.05) is 48.7 Å². The topological polar surface area (TPSA) is 94.3 Å². The quantitative estimate of drug-likeness (QED) is 0.476. The van der Waals surface area contributed by atoms with Crippen molar-refractivity contribution in [3.63, 3.8) is 0 Å². The molecule has 3 aromatic rings. The maximum atomic E-state index is 10.5. The van der Waals surface area contributed by atoms with Crippen molar-refractivity contribution in [2.24, 2.45) is 5.18 Å². The molecular weight excluding hydrogens is 364 g/mol. The van der Waals surface area contributed by atoms with Crippen LogP contribution in [0.3, 0.4) is 0 Å². The second-order valence-corrected chi connectivity index (χ2v) is 7.04. The maximum absolute atomic E-state index is 10.5. The lowest BCUT2D eigenvalue weighted by Gasteiger charge is -2.19. The number of aromatic nitrogens is 2. The van der Waals surface area contributed by atoms with E-state index in [-0.39, 0.29) is 12.6 Å². The number of rotatable bonds is 7. The molecular formula is C22H22N6O. The van der Waals surface area contributed by atoms with E-state index in [0.29, 0.717) is 11.3 Å². The van der Waals surface area contributed by atoms with Gasteiger partial charge in [0, 0.05) is 42.8 Å². The molecule has 2 N–H and O–H groups in total. The van der Waals surface area contributed by atoms with E-state index in [1.54, 1.807) is 6.20 Å². The van der Waals surface area contributed by atoms with Gasteiger partial charge < -0.3 is 15.6 Å². The van der Waals surface area contributed by atoms with Crippen LogP contribution < -0.4 is 10.2 Å². The van der Waals surface area contributed by atoms with E-state index in [2.05, 4.69) is 31.4 Å². The SMILES string of the molecule is N=C/C(=C\NC1CCN(c2cccc(CN=O)c2)C1)c1cnc2ccccc2n1. The molecule has 29 heavy (non-hydrogen) atoms. The van der Waals surface area contributed by atoms with Gasteiger partial charge in [-0.2, -0.15) is 4.91 Å². The number of hydrogen-bond acceptors (Lipinski definition) is 7. The number of nitrogens with zero attached hydrogens (tertiary/aromatic N) is 4. The summed E-state index contributed by atoms with van der Waals surface area (Å²) < 4.78 is 0. The highest BCUT2D eigenvalue weighted by Gasteiger charge is 2.22. The van der Waals surface area contributed by atoms with Gasteiger partial charge in [-0.15, -0.1) is 0 Å². The van der Waals surface area contributed by atoms with Gasteiger partial charge in [0.05, 0.1) is 22.9 Å². The molecule has 0 amide bonds. The third kappa shape index (κ3) is 4.29. The number of anilines is 1. The second-order valence-electron chi connectivity index (χ2n) is 7.04. The Morgan fingerprint density at radius 2 is 2.10 bits per heavy atom. The van der Waals surface area contributed by atoms with E-state index in [4.69, 9.17) is 5.41 Å². The van der Waals surface area contributed by atoms with E-state index in [0.717, 1.165) is 41.8 Å². The molecule has 0 bridgehead atoms. The lowest BCUT2D eigenvalue weighted by Crippen LogP contribution is -2.29. The molecule has 7 nitrogen and oxygen atoms in total. The van der Waals surface area contributed by atoms with Crippen molar-refractivity contribution in [2.45, 2.75) is 19.0 Å². The van der Waals surface area contributed by atoms with E-state index in [9.17, 15) is 4.91 Å². The number of nitroso groups, excluding NO2 is 1. The maximum Gasteiger partial charge on any atom is 0.106 e. The Balaban J connectivity index is 1.44. The van der Waals surface area contributed by atoms with E-state index >= 15 is 0 Å². The highest BCUT2D eigenvalue weighted by Crippen LogP contribution is 2.22. The normalized spacial score (nSPS) is 16.8. The van der Waals surface area contributed by atoms with Crippen molar-refractivity contribution in [3.8, 4) is 0 Å². The Bertz CT molecular complexity index is 1060. The molecule has 1 atom stereocenters. The molecule has 0 saturated carbocycles. The van der Waals surface area contributed by atoms with Gasteiger partial charge in [0.2, 0.25) is 0 Å². The Morgan fingerprint density at radius 3 is 2.93 bits per heavy atom. The average molecular weight is 386 g/mol. The number of allylic oxidation sites excluding steroid dienone is 1. The summed E-state index contributed by atoms with van der Waals surface area (Å²) in [5, 5.41) is 14.2. The van der Waals surface area contributed by atoms with Gasteiger partial charge in [-0.1, -0.05) is 29.4 Å². The second kappa shape index (κ2) is 8.60. The first kappa shape index (κ1) is 18.7. The number of hydrogen-bond donors (Lipinski definition) is 2. The van der Waals surface area contributed by atoms with Gasteiger partial charge in [0.1, 0.15) is 6.54 Å². The lowest BCUT2D eigenvalue weighted by molar-refractivity contribution is 0.646. The summed E-state index contributed by atoms with van der Waals surface area (Å²) >= 11 is 0. The fourth-order valence-corrected chi connectivity index (χ4v) is 3.55. The minimum Gasteiger partial charge on any atom is -0.386 e. The molecule has 1 fully saturated rings. The Morgan fingerprint density at radius 1 is 1.24 bits per heavy atom. The molecule has 2 heterocycles. The van der Waals surface area contributed by atoms with E-state index < -0.39 is 0 Å². The third-order valence-electron chi connectivity index (χ3n) is 5.09. The minimum atomic E-state index is 0.196. The van der Waals surface area contributed by atoms with Crippen LogP contribution in [0.1, 0.15) is 17.7 Å². The highest BCUT2D eigenvalue weighted by molar-refractivity contribution is 6.07. The number of nitrogens with one attached hydrogen (secondary N) is 2. The molecule has 146 valence electrons. The minimum absolute atomic E-state index is 0.196. The summed E-state index contributed by atoms with van der Waals surface area (Å²) in [6, 6.07) is 15.9. The third-order valence-corrected chi connectivity index (χ3v) is 5.09. The van der Waals surface area contributed by atoms with Crippen LogP contribution in [0.25, 0.3) is 16.6 Å². The van der Waals surface area contributed by atoms with E-state index in [1.165, 1.54) is 6.21 Å². The van der Waals surface area contributed by atoms with Gasteiger partial charge in [-0.25, -0.2) is 4.98 Å². The molecule has 1 aliphatic rings. The van der Waals surface area contributed by atoms with Crippen molar-refractivity contribution >= 4 is 28.5 Å². The van der Waals surface area contributed by atoms with Crippen LogP contribution in [0.4, 0.5) is 5.69 Å². The van der Waals surface area contributed by atoms with Crippen LogP contribution >= 0.6 is 0 Å². The highest BCUT2D eigenvalue weighted by atomic mass is 16.3. The van der Waals surface area contributed by atoms with Crippen LogP contribution in [0.2, 0.25) is 0 Å². The molecule has 1 aliphatic heterocycles. The standard InChI is InChI=1S/C22H22N6O/c23-11-17(22-14-25-20-6-1-2-7-21(20)27-22)13-24-18-8-9-28(15-18)19-5-3-4-16(10-19)12-26-29/h1-7,10-11,13-14,18,23-24H,8-9,12,15H2/b17-13+,23-11?. The molecule has 1 unspecified atom stereocenters. The van der Waals surface area contributed by atoms with Crippen LogP contribution in [-0.2, 0) is 6.54 Å². The van der Waals surface area contributed by atoms with Crippen LogP contribution in [0.5, 0.6) is 0 Å². The first-order chi connectivity index (χ1) is 14.3. The van der Waals surface area contributed by atoms with Crippen molar-refractivity contribution in [1.29, 1.82) is 5.41 Å². The number of para-hydroxylation sites is 2. The van der Waals surface area contributed by atoms with Crippen LogP contribution in [0.15, 0.2) is 66.1 Å². The monoisotopic (exact) mass is 386 g/mol. The van der Waals surface area contributed by atoms with Crippen LogP contribution in [-0.4, -0.2) is 35.3 Å². The van der Waals surface area contributed by atoms with Gasteiger partial charge in [0.15, 0.2) is 0 Å². The predicted molar refractivity (Wildman–Crippen MR) is 116 cm³/mol. The van der Waals surface area contributed by atoms with Crippen LogP contribution in [0, 0.1) is 10.3 Å². The van der Waals surface area contributed by atoms with Crippen molar-refractivity contribution < 1.29 is 0 Å². The summed E-state index contributed by atoms with van der Waals surface area (Å²) in [4.78, 5) is 21.9. The van der Waals surface area contributed by atoms with Crippen molar-refractivity contribution in [1.82, 2.24) is 15.3 Å². The zero-order valence-corrected chi connectivity index (χ0v) is 16.0. The molecule has 0 spiro atoms. The van der Waals surface area contributed by atoms with Gasteiger partial charge in [0.25, 0.3) is 0 Å². The molecule has 1 saturated heterocycles. The fraction of sp³-hybridized carbons (Fsp3) is 0.227. The summed E-state index contributed by atoms with van der Waals surface area (Å²) in [5.74, 6) is 0. The summed E-state index contributed by atoms with van der Waals surface area (Å²) in [6.45, 7) is 1.98. The first-order valence-electron chi connectivity index (χ1n) is 9.58. The van der Waals surface area contributed by atoms with Gasteiger partial charge >= 0.3 is 0 Å². The first-order valence-corrected chi connectivity index (χ1v) is 9.58. The molecule has 0 aliphatic carbocycles. The predicted octanol–water partition coefficient (Wildman–Crippen LogP) is 3.76.